The normalized spacial score (nSPS) is 15.3. The zero-order valence-electron chi connectivity index (χ0n) is 19.2. The summed E-state index contributed by atoms with van der Waals surface area (Å²) in [5, 5.41) is 12.4. The number of carbonyl (C=O) groups excluding carboxylic acids is 1. The molecule has 0 radical (unpaired) electrons. The number of fused-ring (bicyclic) bond motifs is 1. The third kappa shape index (κ3) is 4.68. The number of nitrogens with zero attached hydrogens (tertiary/aromatic N) is 4. The fourth-order valence-electron chi connectivity index (χ4n) is 4.15. The highest BCUT2D eigenvalue weighted by Crippen LogP contribution is 2.35. The van der Waals surface area contributed by atoms with E-state index >= 15 is 0 Å². The molecular weight excluding hydrogens is 452 g/mol. The van der Waals surface area contributed by atoms with Crippen molar-refractivity contribution in [3.05, 3.63) is 77.7 Å². The number of benzene rings is 2. The van der Waals surface area contributed by atoms with Gasteiger partial charge < -0.3 is 19.6 Å². The number of halogens is 1. The highest BCUT2D eigenvalue weighted by atomic mass is 35.5. The van der Waals surface area contributed by atoms with Gasteiger partial charge in [0.25, 0.3) is 0 Å². The van der Waals surface area contributed by atoms with E-state index in [2.05, 4.69) is 33.6 Å². The van der Waals surface area contributed by atoms with Crippen LogP contribution in [0, 0.1) is 0 Å². The minimum absolute atomic E-state index is 0.322. The van der Waals surface area contributed by atoms with E-state index in [0.717, 1.165) is 40.9 Å². The number of amides is 1. The lowest BCUT2D eigenvalue weighted by Crippen LogP contribution is -2.36. The number of aliphatic hydroxyl groups is 1. The third-order valence-electron chi connectivity index (χ3n) is 6.03. The highest BCUT2D eigenvalue weighted by Gasteiger charge is 2.23. The maximum Gasteiger partial charge on any atom is 0.249 e. The van der Waals surface area contributed by atoms with Gasteiger partial charge in [-0.3, -0.25) is 4.79 Å². The second kappa shape index (κ2) is 10.3. The van der Waals surface area contributed by atoms with Crippen molar-refractivity contribution in [2.75, 3.05) is 38.3 Å². The van der Waals surface area contributed by atoms with Crippen molar-refractivity contribution in [2.24, 2.45) is 0 Å². The summed E-state index contributed by atoms with van der Waals surface area (Å²) in [7, 11) is 1.59. The first kappa shape index (κ1) is 23.9. The molecule has 1 aromatic heterocycles. The number of likely N-dealkylation sites (N-methyl/N-ethyl adjacent to an activating group) is 1. The molecule has 1 unspecified atom stereocenters. The van der Waals surface area contributed by atoms with Crippen molar-refractivity contribution >= 4 is 34.1 Å². The first-order chi connectivity index (χ1) is 16.4. The van der Waals surface area contributed by atoms with E-state index < -0.39 is 6.10 Å². The molecule has 1 fully saturated rings. The Balaban J connectivity index is 1.72. The summed E-state index contributed by atoms with van der Waals surface area (Å²) in [5.41, 5.74) is 4.34. The fourth-order valence-corrected chi connectivity index (χ4v) is 4.37. The van der Waals surface area contributed by atoms with Gasteiger partial charge in [-0.05, 0) is 43.3 Å². The first-order valence-corrected chi connectivity index (χ1v) is 11.4. The van der Waals surface area contributed by atoms with Gasteiger partial charge in [-0.25, -0.2) is 9.97 Å². The number of aliphatic hydroxyl groups excluding tert-OH is 1. The van der Waals surface area contributed by atoms with Crippen molar-refractivity contribution in [2.45, 2.75) is 13.0 Å². The first-order valence-electron chi connectivity index (χ1n) is 11.1. The monoisotopic (exact) mass is 478 g/mol. The summed E-state index contributed by atoms with van der Waals surface area (Å²) in [6, 6.07) is 11.6. The van der Waals surface area contributed by atoms with Crippen LogP contribution in [0.15, 0.2) is 67.2 Å². The lowest BCUT2D eigenvalue weighted by molar-refractivity contribution is -0.123. The molecule has 176 valence electrons. The molecule has 1 aliphatic heterocycles. The van der Waals surface area contributed by atoms with E-state index in [9.17, 15) is 9.90 Å². The zero-order valence-corrected chi connectivity index (χ0v) is 20.0. The predicted octanol–water partition coefficient (Wildman–Crippen LogP) is 4.37. The summed E-state index contributed by atoms with van der Waals surface area (Å²) in [6.07, 6.45) is 3.32. The molecule has 1 saturated heterocycles. The molecule has 0 spiro atoms. The third-order valence-corrected chi connectivity index (χ3v) is 6.37. The average molecular weight is 479 g/mol. The zero-order chi connectivity index (χ0) is 24.2. The van der Waals surface area contributed by atoms with Crippen molar-refractivity contribution in [3.8, 4) is 11.3 Å². The number of anilines is 1. The number of rotatable bonds is 6. The number of hydrogen-bond donors (Lipinski definition) is 1. The van der Waals surface area contributed by atoms with E-state index in [1.165, 1.54) is 11.0 Å². The Labute approximate surface area is 203 Å². The molecule has 1 aliphatic rings. The van der Waals surface area contributed by atoms with Crippen molar-refractivity contribution in [3.63, 3.8) is 0 Å². The molecule has 1 atom stereocenters. The van der Waals surface area contributed by atoms with Gasteiger partial charge in [0, 0.05) is 53.1 Å². The molecule has 1 N–H and O–H groups in total. The fraction of sp³-hybridized carbons (Fsp3) is 0.269. The largest absolute Gasteiger partial charge is 0.382 e. The van der Waals surface area contributed by atoms with Crippen LogP contribution in [0.25, 0.3) is 22.2 Å². The molecule has 0 aliphatic carbocycles. The lowest BCUT2D eigenvalue weighted by Gasteiger charge is -2.29. The Morgan fingerprint density at radius 3 is 2.71 bits per heavy atom. The maximum atomic E-state index is 12.1. The molecule has 2 heterocycles. The summed E-state index contributed by atoms with van der Waals surface area (Å²) in [6.45, 7) is 8.39. The van der Waals surface area contributed by atoms with Crippen molar-refractivity contribution in [1.29, 1.82) is 0 Å². The molecule has 0 bridgehead atoms. The second-order valence-corrected chi connectivity index (χ2v) is 8.38. The van der Waals surface area contributed by atoms with Crippen molar-refractivity contribution < 1.29 is 14.6 Å². The van der Waals surface area contributed by atoms with E-state index in [1.807, 2.05) is 12.1 Å². The standard InChI is InChI=1S/C26H27ClN4O3/c1-4-23(30(3)24(32)5-2)26(33)20-14-17(6-9-21(20)27)25-19-8-7-18(15-22(19)28-16-29-25)31-10-12-34-13-11-31/h4-9,14-16,26,33H,2,10-13H2,1,3H3/b23-4-. The van der Waals surface area contributed by atoms with Gasteiger partial charge in [0.1, 0.15) is 12.4 Å². The highest BCUT2D eigenvalue weighted by molar-refractivity contribution is 6.31. The molecule has 8 heteroatoms. The number of aromatic nitrogens is 2. The molecule has 4 rings (SSSR count). The SMILES string of the molecule is C=CC(=O)N(C)/C(=C\C)C(O)c1cc(-c2ncnc3cc(N4CCOCC4)ccc23)ccc1Cl. The second-order valence-electron chi connectivity index (χ2n) is 7.98. The molecule has 34 heavy (non-hydrogen) atoms. The van der Waals surface area contributed by atoms with Crippen LogP contribution in [-0.4, -0.2) is 59.2 Å². The maximum absolute atomic E-state index is 12.1. The molecule has 0 saturated carbocycles. The number of carbonyl (C=O) groups is 1. The van der Waals surface area contributed by atoms with Crippen LogP contribution in [-0.2, 0) is 9.53 Å². The number of allylic oxidation sites excluding steroid dienone is 1. The predicted molar refractivity (Wildman–Crippen MR) is 135 cm³/mol. The van der Waals surface area contributed by atoms with Crippen molar-refractivity contribution in [1.82, 2.24) is 14.9 Å². The van der Waals surface area contributed by atoms with Crippen LogP contribution in [0.1, 0.15) is 18.6 Å². The van der Waals surface area contributed by atoms with Gasteiger partial charge in [-0.2, -0.15) is 0 Å². The minimum Gasteiger partial charge on any atom is -0.382 e. The Bertz CT molecular complexity index is 1250. The quantitative estimate of drug-likeness (QED) is 0.530. The summed E-state index contributed by atoms with van der Waals surface area (Å²) < 4.78 is 5.46. The van der Waals surface area contributed by atoms with Crippen LogP contribution in [0.3, 0.4) is 0 Å². The van der Waals surface area contributed by atoms with Gasteiger partial charge in [0.05, 0.1) is 24.4 Å². The molecule has 3 aromatic rings. The minimum atomic E-state index is -1.10. The van der Waals surface area contributed by atoms with E-state index in [0.29, 0.717) is 29.5 Å². The summed E-state index contributed by atoms with van der Waals surface area (Å²) in [4.78, 5) is 24.8. The Hall–Kier alpha value is -3.26. The topological polar surface area (TPSA) is 78.8 Å². The number of ether oxygens (including phenoxy) is 1. The molecule has 2 aromatic carbocycles. The smallest absolute Gasteiger partial charge is 0.249 e. The van der Waals surface area contributed by atoms with Gasteiger partial charge in [0.15, 0.2) is 0 Å². The average Bonchev–Trinajstić information content (AvgIpc) is 2.88. The number of hydrogen-bond acceptors (Lipinski definition) is 6. The van der Waals surface area contributed by atoms with Gasteiger partial charge >= 0.3 is 0 Å². The Morgan fingerprint density at radius 2 is 2.00 bits per heavy atom. The number of morpholine rings is 1. The van der Waals surface area contributed by atoms with Crippen LogP contribution >= 0.6 is 11.6 Å². The van der Waals surface area contributed by atoms with Gasteiger partial charge in [0.2, 0.25) is 5.91 Å². The van der Waals surface area contributed by atoms with Crippen LogP contribution < -0.4 is 4.90 Å². The van der Waals surface area contributed by atoms with E-state index in [4.69, 9.17) is 16.3 Å². The lowest BCUT2D eigenvalue weighted by atomic mass is 9.99. The molecular formula is C26H27ClN4O3. The van der Waals surface area contributed by atoms with Crippen LogP contribution in [0.4, 0.5) is 5.69 Å². The summed E-state index contributed by atoms with van der Waals surface area (Å²) >= 11 is 6.46. The Morgan fingerprint density at radius 1 is 1.24 bits per heavy atom. The molecule has 7 nitrogen and oxygen atoms in total. The van der Waals surface area contributed by atoms with E-state index in [-0.39, 0.29) is 5.91 Å². The summed E-state index contributed by atoms with van der Waals surface area (Å²) in [5.74, 6) is -0.322. The van der Waals surface area contributed by atoms with E-state index in [1.54, 1.807) is 38.5 Å². The molecule has 1 amide bonds. The Kier molecular flexibility index (Phi) is 7.26. The van der Waals surface area contributed by atoms with Crippen LogP contribution in [0.5, 0.6) is 0 Å². The van der Waals surface area contributed by atoms with Gasteiger partial charge in [-0.1, -0.05) is 30.3 Å². The van der Waals surface area contributed by atoms with Gasteiger partial charge in [-0.15, -0.1) is 0 Å². The van der Waals surface area contributed by atoms with Crippen LogP contribution in [0.2, 0.25) is 5.02 Å².